The second-order valence-electron chi connectivity index (χ2n) is 8.50. The van der Waals surface area contributed by atoms with Crippen LogP contribution in [0.25, 0.3) is 17.0 Å². The van der Waals surface area contributed by atoms with Crippen LogP contribution in [0.2, 0.25) is 0 Å². The molecule has 1 atom stereocenters. The average Bonchev–Trinajstić information content (AvgIpc) is 3.10. The molecule has 0 saturated carbocycles. The first-order valence-electron chi connectivity index (χ1n) is 11.1. The number of carbonyl (C=O) groups is 1. The van der Waals surface area contributed by atoms with Crippen LogP contribution in [-0.4, -0.2) is 34.7 Å². The predicted octanol–water partition coefficient (Wildman–Crippen LogP) is 4.46. The van der Waals surface area contributed by atoms with Crippen LogP contribution in [0, 0.1) is 6.92 Å². The summed E-state index contributed by atoms with van der Waals surface area (Å²) in [5, 5.41) is 5.48. The van der Waals surface area contributed by atoms with Gasteiger partial charge >= 0.3 is 0 Å². The third-order valence-corrected chi connectivity index (χ3v) is 6.42. The van der Waals surface area contributed by atoms with Crippen molar-refractivity contribution in [2.24, 2.45) is 5.10 Å². The third-order valence-electron chi connectivity index (χ3n) is 6.42. The van der Waals surface area contributed by atoms with Gasteiger partial charge in [-0.25, -0.2) is 5.43 Å². The molecule has 0 fully saturated rings. The van der Waals surface area contributed by atoms with E-state index in [0.717, 1.165) is 31.5 Å². The van der Waals surface area contributed by atoms with Gasteiger partial charge in [0.25, 0.3) is 5.91 Å². The Bertz CT molecular complexity index is 1160. The predicted molar refractivity (Wildman–Crippen MR) is 126 cm³/mol. The minimum atomic E-state index is -0.0584. The molecule has 0 radical (unpaired) electrons. The third kappa shape index (κ3) is 3.93. The summed E-state index contributed by atoms with van der Waals surface area (Å²) in [5.41, 5.74) is 9.36. The van der Waals surface area contributed by atoms with Crippen molar-refractivity contribution < 1.29 is 4.79 Å². The van der Waals surface area contributed by atoms with Crippen molar-refractivity contribution in [3.05, 3.63) is 77.0 Å². The van der Waals surface area contributed by atoms with Gasteiger partial charge in [0.1, 0.15) is 0 Å². The lowest BCUT2D eigenvalue weighted by Gasteiger charge is -2.39. The van der Waals surface area contributed by atoms with Crippen LogP contribution in [0.3, 0.4) is 0 Å². The number of hydrogen-bond donors (Lipinski definition) is 1. The van der Waals surface area contributed by atoms with Crippen molar-refractivity contribution in [3.63, 3.8) is 0 Å². The number of benzene rings is 2. The zero-order chi connectivity index (χ0) is 21.2. The number of nitrogens with one attached hydrogen (secondary N) is 1. The molecular formula is C26H28N4O. The SMILES string of the molecule is Cc1ccc2c(c1)c1c3n2CCN(CC(=O)NN=CC=Cc2ccccc2)C3CCC1. The first kappa shape index (κ1) is 19.8. The molecule has 2 heterocycles. The van der Waals surface area contributed by atoms with E-state index in [-0.39, 0.29) is 5.91 Å². The van der Waals surface area contributed by atoms with Gasteiger partial charge < -0.3 is 4.57 Å². The molecule has 1 unspecified atom stereocenters. The van der Waals surface area contributed by atoms with E-state index in [1.165, 1.54) is 34.1 Å². The van der Waals surface area contributed by atoms with E-state index in [4.69, 9.17) is 0 Å². The van der Waals surface area contributed by atoms with Crippen LogP contribution in [0.5, 0.6) is 0 Å². The molecule has 0 spiro atoms. The molecule has 1 aromatic heterocycles. The van der Waals surface area contributed by atoms with E-state index in [2.05, 4.69) is 45.1 Å². The van der Waals surface area contributed by atoms with Crippen LogP contribution in [0.4, 0.5) is 0 Å². The van der Waals surface area contributed by atoms with Crippen molar-refractivity contribution in [2.45, 2.75) is 38.8 Å². The van der Waals surface area contributed by atoms with Crippen LogP contribution in [0.15, 0.2) is 59.7 Å². The fourth-order valence-electron chi connectivity index (χ4n) is 5.07. The second kappa shape index (κ2) is 8.52. The summed E-state index contributed by atoms with van der Waals surface area (Å²) in [6, 6.07) is 17.1. The van der Waals surface area contributed by atoms with Crippen molar-refractivity contribution in [1.29, 1.82) is 0 Å². The Hall–Kier alpha value is -3.18. The van der Waals surface area contributed by atoms with Crippen molar-refractivity contribution in [1.82, 2.24) is 14.9 Å². The molecule has 1 aliphatic carbocycles. The summed E-state index contributed by atoms with van der Waals surface area (Å²) >= 11 is 0. The highest BCUT2D eigenvalue weighted by molar-refractivity contribution is 5.87. The number of fused-ring (bicyclic) bond motifs is 3. The molecule has 5 rings (SSSR count). The molecule has 1 amide bonds. The van der Waals surface area contributed by atoms with Crippen LogP contribution >= 0.6 is 0 Å². The molecule has 1 N–H and O–H groups in total. The quantitative estimate of drug-likeness (QED) is 0.497. The lowest BCUT2D eigenvalue weighted by atomic mass is 9.89. The van der Waals surface area contributed by atoms with Gasteiger partial charge in [0.15, 0.2) is 0 Å². The number of amides is 1. The Morgan fingerprint density at radius 1 is 1.19 bits per heavy atom. The van der Waals surface area contributed by atoms with Crippen molar-refractivity contribution in [2.75, 3.05) is 13.1 Å². The highest BCUT2D eigenvalue weighted by atomic mass is 16.2. The zero-order valence-corrected chi connectivity index (χ0v) is 17.9. The molecule has 2 aliphatic rings. The standard InChI is InChI=1S/C26H28N4O/c1-19-12-13-23-22(17-19)21-10-5-11-24-26(21)30(23)16-15-29(24)18-25(31)28-27-14-6-9-20-7-3-2-4-8-20/h2-4,6-9,12-14,17,24H,5,10-11,15-16,18H2,1H3,(H,28,31). The smallest absolute Gasteiger partial charge is 0.254 e. The van der Waals surface area contributed by atoms with Crippen LogP contribution < -0.4 is 5.43 Å². The molecule has 1 aliphatic heterocycles. The van der Waals surface area contributed by atoms with Crippen molar-refractivity contribution in [3.8, 4) is 0 Å². The van der Waals surface area contributed by atoms with E-state index in [1.54, 1.807) is 6.21 Å². The van der Waals surface area contributed by atoms with Crippen LogP contribution in [0.1, 0.15) is 41.3 Å². The maximum absolute atomic E-state index is 12.5. The lowest BCUT2D eigenvalue weighted by molar-refractivity contribution is -0.123. The van der Waals surface area contributed by atoms with E-state index in [1.807, 2.05) is 42.5 Å². The highest BCUT2D eigenvalue weighted by Gasteiger charge is 2.35. The molecule has 2 aromatic carbocycles. The Labute approximate surface area is 183 Å². The maximum atomic E-state index is 12.5. The number of aromatic nitrogens is 1. The summed E-state index contributed by atoms with van der Waals surface area (Å²) in [6.45, 7) is 4.36. The van der Waals surface area contributed by atoms with Gasteiger partial charge in [-0.1, -0.05) is 48.0 Å². The average molecular weight is 413 g/mol. The summed E-state index contributed by atoms with van der Waals surface area (Å²) in [5.74, 6) is -0.0584. The van der Waals surface area contributed by atoms with Gasteiger partial charge in [-0.2, -0.15) is 5.10 Å². The number of rotatable bonds is 5. The van der Waals surface area contributed by atoms with Crippen molar-refractivity contribution >= 4 is 29.1 Å². The van der Waals surface area contributed by atoms with Gasteiger partial charge in [0.2, 0.25) is 0 Å². The fraction of sp³-hybridized carbons (Fsp3) is 0.308. The molecule has 5 heteroatoms. The molecule has 5 nitrogen and oxygen atoms in total. The maximum Gasteiger partial charge on any atom is 0.254 e. The number of hydrogen-bond acceptors (Lipinski definition) is 3. The number of hydrazone groups is 1. The largest absolute Gasteiger partial charge is 0.342 e. The van der Waals surface area contributed by atoms with Gasteiger partial charge in [-0.15, -0.1) is 0 Å². The summed E-state index contributed by atoms with van der Waals surface area (Å²) in [7, 11) is 0. The molecule has 31 heavy (non-hydrogen) atoms. The zero-order valence-electron chi connectivity index (χ0n) is 17.9. The van der Waals surface area contributed by atoms with Gasteiger partial charge in [0, 0.05) is 35.9 Å². The number of allylic oxidation sites excluding steroid dienone is 1. The second-order valence-corrected chi connectivity index (χ2v) is 8.50. The monoisotopic (exact) mass is 412 g/mol. The van der Waals surface area contributed by atoms with Crippen LogP contribution in [-0.2, 0) is 17.8 Å². The van der Waals surface area contributed by atoms with E-state index >= 15 is 0 Å². The Morgan fingerprint density at radius 3 is 2.94 bits per heavy atom. The van der Waals surface area contributed by atoms with Gasteiger partial charge in [-0.05, 0) is 55.5 Å². The van der Waals surface area contributed by atoms with E-state index in [0.29, 0.717) is 12.6 Å². The first-order valence-corrected chi connectivity index (χ1v) is 11.1. The molecular weight excluding hydrogens is 384 g/mol. The van der Waals surface area contributed by atoms with Gasteiger partial charge in [0.05, 0.1) is 12.6 Å². The Morgan fingerprint density at radius 2 is 2.06 bits per heavy atom. The minimum Gasteiger partial charge on any atom is -0.342 e. The molecule has 3 aromatic rings. The molecule has 0 saturated heterocycles. The number of nitrogens with zero attached hydrogens (tertiary/aromatic N) is 3. The molecule has 158 valence electrons. The highest BCUT2D eigenvalue weighted by Crippen LogP contribution is 2.42. The van der Waals surface area contributed by atoms with E-state index in [9.17, 15) is 4.79 Å². The lowest BCUT2D eigenvalue weighted by Crippen LogP contribution is -2.44. The normalized spacial score (nSPS) is 18.7. The first-order chi connectivity index (χ1) is 15.2. The number of aryl methyl sites for hydroxylation is 2. The summed E-state index contributed by atoms with van der Waals surface area (Å²) in [6.07, 6.45) is 8.84. The van der Waals surface area contributed by atoms with Gasteiger partial charge in [-0.3, -0.25) is 9.69 Å². The molecule has 0 bridgehead atoms. The Balaban J connectivity index is 1.26. The number of carbonyl (C=O) groups excluding carboxylic acids is 1. The Kier molecular flexibility index (Phi) is 5.43. The van der Waals surface area contributed by atoms with E-state index < -0.39 is 0 Å². The summed E-state index contributed by atoms with van der Waals surface area (Å²) < 4.78 is 2.49. The fourth-order valence-corrected chi connectivity index (χ4v) is 5.07. The summed E-state index contributed by atoms with van der Waals surface area (Å²) in [4.78, 5) is 14.9. The topological polar surface area (TPSA) is 49.6 Å². The minimum absolute atomic E-state index is 0.0584.